The third kappa shape index (κ3) is 2.13. The Morgan fingerprint density at radius 1 is 1.20 bits per heavy atom. The SMILES string of the molecule is CCN(c1cccc2ccccc12)C1CC(C(=O)O)C1. The second kappa shape index (κ2) is 5.16. The molecule has 3 rings (SSSR count). The maximum atomic E-state index is 11.0. The van der Waals surface area contributed by atoms with Crippen LogP contribution in [-0.2, 0) is 4.79 Å². The number of carboxylic acid groups (broad SMARTS) is 1. The number of nitrogens with zero attached hydrogens (tertiary/aromatic N) is 1. The predicted octanol–water partition coefficient (Wildman–Crippen LogP) is 3.53. The molecule has 0 bridgehead atoms. The number of carbonyl (C=O) groups is 1. The summed E-state index contributed by atoms with van der Waals surface area (Å²) < 4.78 is 0. The van der Waals surface area contributed by atoms with Crippen LogP contribution in [0.4, 0.5) is 5.69 Å². The molecule has 20 heavy (non-hydrogen) atoms. The van der Waals surface area contributed by atoms with E-state index in [2.05, 4.69) is 48.2 Å². The minimum Gasteiger partial charge on any atom is -0.481 e. The highest BCUT2D eigenvalue weighted by atomic mass is 16.4. The highest BCUT2D eigenvalue weighted by Crippen LogP contribution is 2.37. The summed E-state index contributed by atoms with van der Waals surface area (Å²) in [5.41, 5.74) is 1.22. The Morgan fingerprint density at radius 3 is 2.60 bits per heavy atom. The molecule has 104 valence electrons. The average molecular weight is 269 g/mol. The number of hydrogen-bond acceptors (Lipinski definition) is 2. The number of benzene rings is 2. The van der Waals surface area contributed by atoms with Crippen molar-refractivity contribution in [1.29, 1.82) is 0 Å². The highest BCUT2D eigenvalue weighted by Gasteiger charge is 2.37. The molecule has 1 fully saturated rings. The van der Waals surface area contributed by atoms with Gasteiger partial charge in [0.25, 0.3) is 0 Å². The van der Waals surface area contributed by atoms with E-state index >= 15 is 0 Å². The van der Waals surface area contributed by atoms with Gasteiger partial charge in [0.15, 0.2) is 0 Å². The van der Waals surface area contributed by atoms with Crippen molar-refractivity contribution in [1.82, 2.24) is 0 Å². The first-order valence-corrected chi connectivity index (χ1v) is 7.18. The molecule has 0 atom stereocenters. The van der Waals surface area contributed by atoms with Crippen LogP contribution in [0.1, 0.15) is 19.8 Å². The zero-order valence-corrected chi connectivity index (χ0v) is 11.6. The predicted molar refractivity (Wildman–Crippen MR) is 81.1 cm³/mol. The fourth-order valence-corrected chi connectivity index (χ4v) is 3.13. The molecule has 1 saturated carbocycles. The summed E-state index contributed by atoms with van der Waals surface area (Å²) >= 11 is 0. The quantitative estimate of drug-likeness (QED) is 0.923. The van der Waals surface area contributed by atoms with E-state index in [-0.39, 0.29) is 5.92 Å². The Hall–Kier alpha value is -2.03. The Bertz CT molecular complexity index is 626. The molecule has 2 aromatic carbocycles. The van der Waals surface area contributed by atoms with E-state index in [1.807, 2.05) is 6.07 Å². The smallest absolute Gasteiger partial charge is 0.306 e. The molecule has 0 amide bonds. The number of carboxylic acids is 1. The lowest BCUT2D eigenvalue weighted by molar-refractivity contribution is -0.145. The number of aliphatic carboxylic acids is 1. The van der Waals surface area contributed by atoms with Gasteiger partial charge in [-0.1, -0.05) is 36.4 Å². The summed E-state index contributed by atoms with van der Waals surface area (Å²) in [4.78, 5) is 13.3. The molecule has 0 spiro atoms. The third-order valence-electron chi connectivity index (χ3n) is 4.32. The number of fused-ring (bicyclic) bond motifs is 1. The van der Waals surface area contributed by atoms with E-state index < -0.39 is 5.97 Å². The van der Waals surface area contributed by atoms with Crippen molar-refractivity contribution in [3.63, 3.8) is 0 Å². The maximum absolute atomic E-state index is 11.0. The minimum absolute atomic E-state index is 0.163. The molecule has 0 radical (unpaired) electrons. The Balaban J connectivity index is 1.91. The second-order valence-corrected chi connectivity index (χ2v) is 5.44. The van der Waals surface area contributed by atoms with Gasteiger partial charge in [-0.3, -0.25) is 4.79 Å². The third-order valence-corrected chi connectivity index (χ3v) is 4.32. The molecule has 1 N–H and O–H groups in total. The van der Waals surface area contributed by atoms with Gasteiger partial charge in [-0.2, -0.15) is 0 Å². The van der Waals surface area contributed by atoms with Crippen LogP contribution in [0, 0.1) is 5.92 Å². The molecule has 2 aromatic rings. The summed E-state index contributed by atoms with van der Waals surface area (Å²) in [7, 11) is 0. The molecule has 3 nitrogen and oxygen atoms in total. The van der Waals surface area contributed by atoms with Gasteiger partial charge in [0, 0.05) is 23.7 Å². The zero-order valence-electron chi connectivity index (χ0n) is 11.6. The maximum Gasteiger partial charge on any atom is 0.306 e. The van der Waals surface area contributed by atoms with Crippen LogP contribution in [0.3, 0.4) is 0 Å². The second-order valence-electron chi connectivity index (χ2n) is 5.44. The van der Waals surface area contributed by atoms with Gasteiger partial charge in [-0.15, -0.1) is 0 Å². The standard InChI is InChI=1S/C17H19NO2/c1-2-18(14-10-13(11-14)17(19)20)16-9-5-7-12-6-3-4-8-15(12)16/h3-9,13-14H,2,10-11H2,1H3,(H,19,20). The first kappa shape index (κ1) is 13.0. The zero-order chi connectivity index (χ0) is 14.1. The molecule has 0 unspecified atom stereocenters. The summed E-state index contributed by atoms with van der Waals surface area (Å²) in [5.74, 6) is -0.820. The van der Waals surface area contributed by atoms with E-state index in [0.29, 0.717) is 6.04 Å². The van der Waals surface area contributed by atoms with E-state index in [4.69, 9.17) is 5.11 Å². The van der Waals surface area contributed by atoms with Crippen LogP contribution >= 0.6 is 0 Å². The van der Waals surface area contributed by atoms with Crippen LogP contribution < -0.4 is 4.90 Å². The fourth-order valence-electron chi connectivity index (χ4n) is 3.13. The topological polar surface area (TPSA) is 40.5 Å². The van der Waals surface area contributed by atoms with Crippen molar-refractivity contribution in [2.75, 3.05) is 11.4 Å². The van der Waals surface area contributed by atoms with Crippen LogP contribution in [0.2, 0.25) is 0 Å². The van der Waals surface area contributed by atoms with Gasteiger partial charge < -0.3 is 10.0 Å². The van der Waals surface area contributed by atoms with Gasteiger partial charge in [-0.05, 0) is 31.2 Å². The van der Waals surface area contributed by atoms with E-state index in [1.165, 1.54) is 16.5 Å². The Labute approximate surface area is 118 Å². The minimum atomic E-state index is -0.657. The lowest BCUT2D eigenvalue weighted by Crippen LogP contribution is -2.47. The molecule has 3 heteroatoms. The van der Waals surface area contributed by atoms with Gasteiger partial charge in [0.05, 0.1) is 5.92 Å². The summed E-state index contributed by atoms with van der Waals surface area (Å²) in [6, 6.07) is 15.1. The summed E-state index contributed by atoms with van der Waals surface area (Å²) in [6.45, 7) is 3.04. The molecule has 0 saturated heterocycles. The van der Waals surface area contributed by atoms with Crippen molar-refractivity contribution in [2.24, 2.45) is 5.92 Å². The van der Waals surface area contributed by atoms with E-state index in [1.54, 1.807) is 0 Å². The number of rotatable bonds is 4. The monoisotopic (exact) mass is 269 g/mol. The van der Waals surface area contributed by atoms with Crippen molar-refractivity contribution in [3.05, 3.63) is 42.5 Å². The molecule has 0 aliphatic heterocycles. The molecule has 0 aromatic heterocycles. The van der Waals surface area contributed by atoms with Crippen LogP contribution in [0.15, 0.2) is 42.5 Å². The molecular weight excluding hydrogens is 250 g/mol. The molecular formula is C17H19NO2. The van der Waals surface area contributed by atoms with Crippen LogP contribution in [-0.4, -0.2) is 23.7 Å². The molecule has 1 aliphatic rings. The lowest BCUT2D eigenvalue weighted by atomic mass is 9.79. The molecule has 0 heterocycles. The lowest BCUT2D eigenvalue weighted by Gasteiger charge is -2.42. The van der Waals surface area contributed by atoms with Crippen molar-refractivity contribution in [2.45, 2.75) is 25.8 Å². The highest BCUT2D eigenvalue weighted by molar-refractivity contribution is 5.94. The summed E-state index contributed by atoms with van der Waals surface area (Å²) in [5, 5.41) is 11.5. The van der Waals surface area contributed by atoms with Crippen LogP contribution in [0.5, 0.6) is 0 Å². The van der Waals surface area contributed by atoms with Crippen molar-refractivity contribution >= 4 is 22.4 Å². The van der Waals surface area contributed by atoms with Gasteiger partial charge in [0.1, 0.15) is 0 Å². The Kier molecular flexibility index (Phi) is 3.35. The average Bonchev–Trinajstić information content (AvgIpc) is 2.41. The van der Waals surface area contributed by atoms with Gasteiger partial charge in [0.2, 0.25) is 0 Å². The fraction of sp³-hybridized carbons (Fsp3) is 0.353. The van der Waals surface area contributed by atoms with Gasteiger partial charge in [-0.25, -0.2) is 0 Å². The normalized spacial score (nSPS) is 21.4. The number of hydrogen-bond donors (Lipinski definition) is 1. The largest absolute Gasteiger partial charge is 0.481 e. The van der Waals surface area contributed by atoms with Crippen LogP contribution in [0.25, 0.3) is 10.8 Å². The number of anilines is 1. The van der Waals surface area contributed by atoms with Crippen molar-refractivity contribution in [3.8, 4) is 0 Å². The first-order valence-electron chi connectivity index (χ1n) is 7.18. The van der Waals surface area contributed by atoms with Gasteiger partial charge >= 0.3 is 5.97 Å². The Morgan fingerprint density at radius 2 is 1.90 bits per heavy atom. The van der Waals surface area contributed by atoms with Crippen molar-refractivity contribution < 1.29 is 9.90 Å². The van der Waals surface area contributed by atoms with E-state index in [9.17, 15) is 4.79 Å². The van der Waals surface area contributed by atoms with E-state index in [0.717, 1.165) is 19.4 Å². The first-order chi connectivity index (χ1) is 9.70. The molecule has 1 aliphatic carbocycles. The summed E-state index contributed by atoms with van der Waals surface area (Å²) in [6.07, 6.45) is 1.51.